The lowest BCUT2D eigenvalue weighted by atomic mass is 9.94. The molecule has 2 fully saturated rings. The third kappa shape index (κ3) is 6.84. The number of phosphoric ester groups is 1. The monoisotopic (exact) mass is 657 g/mol. The minimum Gasteiger partial charge on any atom is -0.468 e. The summed E-state index contributed by atoms with van der Waals surface area (Å²) in [5.41, 5.74) is -2.25. The van der Waals surface area contributed by atoms with E-state index in [1.54, 1.807) is 6.08 Å². The summed E-state index contributed by atoms with van der Waals surface area (Å²) < 4.78 is 50.2. The standard InChI is InChI=1S/C26H32N3O15P/c1-12(30)27-19-8-9-29(25(35)28-19)22-21(43-14(3)32)20(42-13(2)31)18(44-22)11-41-45(36,37)40-10-17-15-6-7-16(23(33)38-4)26(15,17)24(34)39-5/h7-9,15,17-18,20-22H,6,10-11H2,1-5H3,(H,36,37)(H,27,28,30,35)/t15-,17+,18-,20-,21-,22-,26-/m1/s1. The number of hydrogen-bond donors (Lipinski definition) is 2. The molecule has 1 saturated carbocycles. The molecule has 2 N–H and O–H groups in total. The van der Waals surface area contributed by atoms with Gasteiger partial charge in [-0.3, -0.25) is 32.8 Å². The third-order valence-electron chi connectivity index (χ3n) is 7.61. The molecule has 1 aromatic rings. The number of amides is 1. The van der Waals surface area contributed by atoms with E-state index in [1.165, 1.54) is 19.2 Å². The molecule has 8 atom stereocenters. The van der Waals surface area contributed by atoms with E-state index in [2.05, 4.69) is 10.3 Å². The number of aromatic nitrogens is 2. The van der Waals surface area contributed by atoms with Gasteiger partial charge in [0.15, 0.2) is 18.4 Å². The number of phosphoric acid groups is 1. The van der Waals surface area contributed by atoms with Crippen LogP contribution in [-0.2, 0) is 61.3 Å². The number of rotatable bonds is 12. The predicted molar refractivity (Wildman–Crippen MR) is 146 cm³/mol. The number of carbonyl (C=O) groups is 5. The van der Waals surface area contributed by atoms with Crippen molar-refractivity contribution in [1.82, 2.24) is 9.55 Å². The molecule has 1 unspecified atom stereocenters. The number of allylic oxidation sites excluding steroid dienone is 1. The first kappa shape index (κ1) is 33.9. The minimum atomic E-state index is -4.88. The highest BCUT2D eigenvalue weighted by Gasteiger charge is 2.75. The number of esters is 4. The number of ether oxygens (including phenoxy) is 5. The molecular weight excluding hydrogens is 625 g/mol. The Balaban J connectivity index is 1.50. The number of anilines is 1. The first-order chi connectivity index (χ1) is 21.2. The second-order valence-corrected chi connectivity index (χ2v) is 11.8. The van der Waals surface area contributed by atoms with E-state index >= 15 is 0 Å². The summed E-state index contributed by atoms with van der Waals surface area (Å²) in [5, 5.41) is 2.34. The highest BCUT2D eigenvalue weighted by atomic mass is 31.2. The molecule has 0 aromatic carbocycles. The summed E-state index contributed by atoms with van der Waals surface area (Å²) in [6, 6.07) is 1.27. The van der Waals surface area contributed by atoms with Gasteiger partial charge in [-0.15, -0.1) is 0 Å². The lowest BCUT2D eigenvalue weighted by molar-refractivity contribution is -0.165. The first-order valence-corrected chi connectivity index (χ1v) is 15.0. The zero-order valence-corrected chi connectivity index (χ0v) is 25.7. The van der Waals surface area contributed by atoms with Crippen LogP contribution in [0.25, 0.3) is 0 Å². The lowest BCUT2D eigenvalue weighted by Crippen LogP contribution is -2.41. The maximum Gasteiger partial charge on any atom is 0.472 e. The molecule has 0 radical (unpaired) electrons. The number of fused-ring (bicyclic) bond motifs is 1. The van der Waals surface area contributed by atoms with E-state index in [9.17, 15) is 38.2 Å². The van der Waals surface area contributed by atoms with Crippen molar-refractivity contribution in [2.75, 3.05) is 32.8 Å². The molecule has 4 rings (SSSR count). The zero-order chi connectivity index (χ0) is 33.3. The molecule has 1 saturated heterocycles. The molecule has 1 aromatic heterocycles. The highest BCUT2D eigenvalue weighted by Crippen LogP contribution is 2.70. The maximum absolute atomic E-state index is 12.9. The van der Waals surface area contributed by atoms with Gasteiger partial charge in [0, 0.05) is 32.9 Å². The molecule has 18 nitrogen and oxygen atoms in total. The molecule has 1 amide bonds. The number of carbonyl (C=O) groups excluding carboxylic acids is 5. The van der Waals surface area contributed by atoms with Crippen LogP contribution in [0.15, 0.2) is 28.7 Å². The van der Waals surface area contributed by atoms with Crippen LogP contribution in [0.3, 0.4) is 0 Å². The van der Waals surface area contributed by atoms with Crippen molar-refractivity contribution in [3.05, 3.63) is 34.4 Å². The van der Waals surface area contributed by atoms with E-state index in [0.29, 0.717) is 6.42 Å². The Bertz CT molecular complexity index is 1520. The third-order valence-corrected chi connectivity index (χ3v) is 8.56. The quantitative estimate of drug-likeness (QED) is 0.171. The first-order valence-electron chi connectivity index (χ1n) is 13.5. The summed E-state index contributed by atoms with van der Waals surface area (Å²) in [4.78, 5) is 87.2. The Kier molecular flexibility index (Phi) is 9.94. The fourth-order valence-electron chi connectivity index (χ4n) is 5.85. The van der Waals surface area contributed by atoms with Gasteiger partial charge in [0.2, 0.25) is 5.91 Å². The van der Waals surface area contributed by atoms with Crippen LogP contribution >= 0.6 is 7.82 Å². The zero-order valence-electron chi connectivity index (χ0n) is 24.8. The molecule has 3 aliphatic rings. The molecule has 0 bridgehead atoms. The van der Waals surface area contributed by atoms with E-state index < -0.39 is 98.3 Å². The van der Waals surface area contributed by atoms with Crippen LogP contribution in [-0.4, -0.2) is 90.0 Å². The van der Waals surface area contributed by atoms with Gasteiger partial charge >= 0.3 is 37.4 Å². The van der Waals surface area contributed by atoms with Crippen molar-refractivity contribution in [2.24, 2.45) is 17.3 Å². The van der Waals surface area contributed by atoms with Crippen molar-refractivity contribution >= 4 is 43.4 Å². The van der Waals surface area contributed by atoms with Crippen LogP contribution in [0.2, 0.25) is 0 Å². The highest BCUT2D eigenvalue weighted by molar-refractivity contribution is 7.47. The molecular formula is C26H32N3O15P. The van der Waals surface area contributed by atoms with Gasteiger partial charge in [0.25, 0.3) is 0 Å². The van der Waals surface area contributed by atoms with Gasteiger partial charge in [-0.1, -0.05) is 6.08 Å². The van der Waals surface area contributed by atoms with E-state index in [1.807, 2.05) is 0 Å². The number of methoxy groups -OCH3 is 2. The van der Waals surface area contributed by atoms with Crippen LogP contribution in [0.1, 0.15) is 33.4 Å². The van der Waals surface area contributed by atoms with Gasteiger partial charge in [0.1, 0.15) is 17.3 Å². The summed E-state index contributed by atoms with van der Waals surface area (Å²) >= 11 is 0. The summed E-state index contributed by atoms with van der Waals surface area (Å²) in [7, 11) is -2.58. The van der Waals surface area contributed by atoms with E-state index in [4.69, 9.17) is 32.7 Å². The maximum atomic E-state index is 12.9. The summed E-state index contributed by atoms with van der Waals surface area (Å²) in [5.74, 6) is -4.78. The normalized spacial score (nSPS) is 29.4. The van der Waals surface area contributed by atoms with Crippen molar-refractivity contribution < 1.29 is 66.2 Å². The average Bonchev–Trinajstić information content (AvgIpc) is 3.22. The molecule has 45 heavy (non-hydrogen) atoms. The molecule has 2 aliphatic carbocycles. The summed E-state index contributed by atoms with van der Waals surface area (Å²) in [6.07, 6.45) is -2.61. The van der Waals surface area contributed by atoms with E-state index in [-0.39, 0.29) is 11.4 Å². The number of nitrogens with one attached hydrogen (secondary N) is 1. The Morgan fingerprint density at radius 3 is 2.29 bits per heavy atom. The van der Waals surface area contributed by atoms with E-state index in [0.717, 1.165) is 32.6 Å². The fraction of sp³-hybridized carbons (Fsp3) is 0.577. The molecule has 246 valence electrons. The Morgan fingerprint density at radius 2 is 1.71 bits per heavy atom. The number of hydrogen-bond acceptors (Lipinski definition) is 15. The average molecular weight is 658 g/mol. The predicted octanol–water partition coefficient (Wildman–Crippen LogP) is 0.00460. The fourth-order valence-corrected chi connectivity index (χ4v) is 6.60. The largest absolute Gasteiger partial charge is 0.472 e. The van der Waals surface area contributed by atoms with Crippen LogP contribution in [0.4, 0.5) is 5.82 Å². The van der Waals surface area contributed by atoms with Crippen LogP contribution < -0.4 is 11.0 Å². The Morgan fingerprint density at radius 1 is 1.07 bits per heavy atom. The van der Waals surface area contributed by atoms with Gasteiger partial charge in [0.05, 0.1) is 33.0 Å². The molecule has 2 heterocycles. The van der Waals surface area contributed by atoms with Crippen molar-refractivity contribution in [1.29, 1.82) is 0 Å². The molecule has 0 spiro atoms. The van der Waals surface area contributed by atoms with Crippen molar-refractivity contribution in [3.8, 4) is 0 Å². The second-order valence-electron chi connectivity index (χ2n) is 10.4. The Labute approximate surface area is 255 Å². The van der Waals surface area contributed by atoms with Gasteiger partial charge in [-0.05, 0) is 18.4 Å². The van der Waals surface area contributed by atoms with Crippen molar-refractivity contribution in [3.63, 3.8) is 0 Å². The number of nitrogens with zero attached hydrogens (tertiary/aromatic N) is 2. The molecule has 1 aliphatic heterocycles. The Hall–Kier alpha value is -3.96. The van der Waals surface area contributed by atoms with Gasteiger partial charge in [-0.25, -0.2) is 14.2 Å². The molecule has 19 heteroatoms. The smallest absolute Gasteiger partial charge is 0.468 e. The second kappa shape index (κ2) is 13.2. The van der Waals surface area contributed by atoms with Gasteiger partial charge in [-0.2, -0.15) is 4.98 Å². The van der Waals surface area contributed by atoms with Crippen LogP contribution in [0.5, 0.6) is 0 Å². The van der Waals surface area contributed by atoms with Gasteiger partial charge < -0.3 is 33.9 Å². The van der Waals surface area contributed by atoms with Crippen LogP contribution in [0, 0.1) is 17.3 Å². The lowest BCUT2D eigenvalue weighted by Gasteiger charge is -2.24. The topological polar surface area (TPSA) is 234 Å². The minimum absolute atomic E-state index is 0.0662. The van der Waals surface area contributed by atoms with Crippen molar-refractivity contribution in [2.45, 2.75) is 51.7 Å². The SMILES string of the molecule is COC(=O)C1=CC[C@@H]2[C@H](COP(=O)(O)OC[C@H]3O[C@@H](n4ccc(NC(C)=O)nc4=O)[C@H](OC(C)=O)[C@@H]3OC(C)=O)[C@]12C(=O)OC. The summed E-state index contributed by atoms with van der Waals surface area (Å²) in [6.45, 7) is 2.12.